The first kappa shape index (κ1) is 24.5. The molecule has 2 aromatic rings. The van der Waals surface area contributed by atoms with Gasteiger partial charge in [0.2, 0.25) is 0 Å². The summed E-state index contributed by atoms with van der Waals surface area (Å²) in [5.41, 5.74) is 1.50. The Bertz CT molecular complexity index is 918. The lowest BCUT2D eigenvalue weighted by molar-refractivity contribution is -0.122. The highest BCUT2D eigenvalue weighted by atomic mass is 35.5. The molecule has 0 aliphatic heterocycles. The van der Waals surface area contributed by atoms with Gasteiger partial charge in [0.25, 0.3) is 5.91 Å². The number of benzene rings is 2. The molecule has 2 rings (SSSR count). The minimum atomic E-state index is -0.354. The van der Waals surface area contributed by atoms with Crippen LogP contribution in [0.25, 0.3) is 0 Å². The number of hydrogen-bond donors (Lipinski definition) is 3. The zero-order valence-electron chi connectivity index (χ0n) is 18.4. The number of ether oxygens (including phenoxy) is 1. The second kappa shape index (κ2) is 11.6. The fraction of sp³-hybridized carbons (Fsp3) is 0.391. The largest absolute Gasteiger partial charge is 0.484 e. The topological polar surface area (TPSA) is 74.8 Å². The third-order valence-electron chi connectivity index (χ3n) is 4.68. The summed E-state index contributed by atoms with van der Waals surface area (Å²) in [5.74, 6) is 0.743. The monoisotopic (exact) mass is 448 g/mol. The van der Waals surface area contributed by atoms with Gasteiger partial charge in [0.1, 0.15) is 11.6 Å². The molecule has 0 bridgehead atoms. The van der Waals surface area contributed by atoms with E-state index in [1.54, 1.807) is 13.1 Å². The van der Waals surface area contributed by atoms with E-state index in [9.17, 15) is 9.18 Å². The molecule has 0 saturated carbocycles. The number of carbonyl (C=O) groups excluding carboxylic acids is 1. The van der Waals surface area contributed by atoms with Crippen LogP contribution in [0.5, 0.6) is 5.75 Å². The second-order valence-electron chi connectivity index (χ2n) is 7.68. The average Bonchev–Trinajstić information content (AvgIpc) is 2.72. The Kier molecular flexibility index (Phi) is 9.12. The maximum absolute atomic E-state index is 13.4. The van der Waals surface area contributed by atoms with Crippen molar-refractivity contribution in [1.29, 1.82) is 0 Å². The van der Waals surface area contributed by atoms with Crippen LogP contribution in [0, 0.1) is 5.82 Å². The first-order valence-corrected chi connectivity index (χ1v) is 10.5. The normalized spacial score (nSPS) is 11.7. The quantitative estimate of drug-likeness (QED) is 0.404. The van der Waals surface area contributed by atoms with Gasteiger partial charge in [0, 0.05) is 37.1 Å². The van der Waals surface area contributed by atoms with E-state index in [4.69, 9.17) is 16.3 Å². The predicted molar refractivity (Wildman–Crippen MR) is 123 cm³/mol. The first-order chi connectivity index (χ1) is 14.7. The third-order valence-corrected chi connectivity index (χ3v) is 5.00. The number of nitrogens with zero attached hydrogens (tertiary/aromatic N) is 1. The number of aliphatic imine (C=N–C) groups is 1. The van der Waals surface area contributed by atoms with Crippen molar-refractivity contribution >= 4 is 23.5 Å². The van der Waals surface area contributed by atoms with Crippen molar-refractivity contribution < 1.29 is 13.9 Å². The summed E-state index contributed by atoms with van der Waals surface area (Å²) in [4.78, 5) is 15.8. The first-order valence-electron chi connectivity index (χ1n) is 10.1. The number of likely N-dealkylation sites (N-methyl/N-ethyl adjacent to an activating group) is 1. The van der Waals surface area contributed by atoms with Crippen LogP contribution in [-0.2, 0) is 16.8 Å². The van der Waals surface area contributed by atoms with E-state index in [1.165, 1.54) is 12.1 Å². The van der Waals surface area contributed by atoms with Crippen molar-refractivity contribution in [3.05, 3.63) is 64.4 Å². The number of nitrogens with one attached hydrogen (secondary N) is 3. The van der Waals surface area contributed by atoms with Gasteiger partial charge in [-0.2, -0.15) is 0 Å². The maximum atomic E-state index is 13.4. The Labute approximate surface area is 188 Å². The summed E-state index contributed by atoms with van der Waals surface area (Å²) in [6.45, 7) is 7.55. The van der Waals surface area contributed by atoms with E-state index >= 15 is 0 Å². The third kappa shape index (κ3) is 7.75. The van der Waals surface area contributed by atoms with Crippen molar-refractivity contribution in [3.63, 3.8) is 0 Å². The van der Waals surface area contributed by atoms with Crippen LogP contribution in [0.3, 0.4) is 0 Å². The van der Waals surface area contributed by atoms with Gasteiger partial charge in [-0.1, -0.05) is 43.6 Å². The highest BCUT2D eigenvalue weighted by Crippen LogP contribution is 2.29. The van der Waals surface area contributed by atoms with Gasteiger partial charge < -0.3 is 20.7 Å². The maximum Gasteiger partial charge on any atom is 0.257 e. The molecular formula is C23H30ClFN4O2. The summed E-state index contributed by atoms with van der Waals surface area (Å²) in [6.07, 6.45) is 0. The zero-order valence-corrected chi connectivity index (χ0v) is 19.1. The Morgan fingerprint density at radius 1 is 1.16 bits per heavy atom. The number of carbonyl (C=O) groups is 1. The van der Waals surface area contributed by atoms with Crippen LogP contribution < -0.4 is 20.7 Å². The molecular weight excluding hydrogens is 419 g/mol. The molecule has 6 nitrogen and oxygen atoms in total. The molecule has 31 heavy (non-hydrogen) atoms. The van der Waals surface area contributed by atoms with E-state index in [0.29, 0.717) is 36.4 Å². The Morgan fingerprint density at radius 2 is 1.94 bits per heavy atom. The van der Waals surface area contributed by atoms with Gasteiger partial charge >= 0.3 is 0 Å². The minimum Gasteiger partial charge on any atom is -0.484 e. The van der Waals surface area contributed by atoms with Gasteiger partial charge in [0.05, 0.1) is 0 Å². The minimum absolute atomic E-state index is 0.0189. The van der Waals surface area contributed by atoms with Crippen molar-refractivity contribution in [2.45, 2.75) is 32.7 Å². The summed E-state index contributed by atoms with van der Waals surface area (Å²) >= 11 is 6.23. The Hall–Kier alpha value is -2.80. The molecule has 0 spiro atoms. The van der Waals surface area contributed by atoms with Crippen molar-refractivity contribution in [2.24, 2.45) is 4.99 Å². The van der Waals surface area contributed by atoms with E-state index < -0.39 is 0 Å². The van der Waals surface area contributed by atoms with Gasteiger partial charge in [-0.25, -0.2) is 4.39 Å². The van der Waals surface area contributed by atoms with Gasteiger partial charge in [-0.05, 0) is 42.3 Å². The molecule has 2 aromatic carbocycles. The van der Waals surface area contributed by atoms with E-state index in [-0.39, 0.29) is 23.7 Å². The number of amides is 1. The van der Waals surface area contributed by atoms with E-state index in [0.717, 1.165) is 11.1 Å². The number of rotatable bonds is 9. The highest BCUT2D eigenvalue weighted by Gasteiger charge is 2.24. The summed E-state index contributed by atoms with van der Waals surface area (Å²) in [7, 11) is 1.69. The molecule has 168 valence electrons. The predicted octanol–water partition coefficient (Wildman–Crippen LogP) is 3.64. The van der Waals surface area contributed by atoms with Crippen molar-refractivity contribution in [2.75, 3.05) is 26.7 Å². The number of guanidine groups is 1. The molecule has 0 atom stereocenters. The smallest absolute Gasteiger partial charge is 0.257 e. The zero-order chi connectivity index (χ0) is 22.9. The Balaban J connectivity index is 1.91. The Morgan fingerprint density at radius 3 is 2.61 bits per heavy atom. The summed E-state index contributed by atoms with van der Waals surface area (Å²) in [6, 6.07) is 12.0. The molecule has 8 heteroatoms. The highest BCUT2D eigenvalue weighted by molar-refractivity contribution is 6.31. The second-order valence-corrected chi connectivity index (χ2v) is 8.08. The van der Waals surface area contributed by atoms with Crippen molar-refractivity contribution in [1.82, 2.24) is 16.0 Å². The fourth-order valence-electron chi connectivity index (χ4n) is 2.99. The van der Waals surface area contributed by atoms with E-state index in [2.05, 4.69) is 20.9 Å². The molecule has 0 radical (unpaired) electrons. The van der Waals surface area contributed by atoms with Crippen molar-refractivity contribution in [3.8, 4) is 5.75 Å². The molecule has 0 aliphatic rings. The lowest BCUT2D eigenvalue weighted by Crippen LogP contribution is -2.43. The molecule has 0 aromatic heterocycles. The molecule has 0 unspecified atom stereocenters. The standard InChI is InChI=1S/C23H30ClFN4O2/c1-5-27-21(30)14-31-18-8-6-7-16(11-18)13-28-22(26-4)29-15-23(2,3)19-10-9-17(25)12-20(19)24/h6-12H,5,13-15H2,1-4H3,(H,27,30)(H2,26,28,29). The molecule has 1 amide bonds. The lowest BCUT2D eigenvalue weighted by Gasteiger charge is -2.27. The van der Waals surface area contributed by atoms with E-state index in [1.807, 2.05) is 45.0 Å². The molecule has 0 fully saturated rings. The fourth-order valence-corrected chi connectivity index (χ4v) is 3.41. The average molecular weight is 449 g/mol. The number of halogens is 2. The van der Waals surface area contributed by atoms with Crippen LogP contribution >= 0.6 is 11.6 Å². The van der Waals surface area contributed by atoms with Crippen LogP contribution in [0.4, 0.5) is 4.39 Å². The lowest BCUT2D eigenvalue weighted by atomic mass is 9.84. The molecule has 3 N–H and O–H groups in total. The van der Waals surface area contributed by atoms with Crippen LogP contribution in [-0.4, -0.2) is 38.6 Å². The summed E-state index contributed by atoms with van der Waals surface area (Å²) < 4.78 is 18.9. The SMILES string of the molecule is CCNC(=O)COc1cccc(CNC(=NC)NCC(C)(C)c2ccc(F)cc2Cl)c1. The van der Waals surface area contributed by atoms with Gasteiger partial charge in [-0.15, -0.1) is 0 Å². The summed E-state index contributed by atoms with van der Waals surface area (Å²) in [5, 5.41) is 9.65. The molecule has 0 heterocycles. The van der Waals surface area contributed by atoms with Gasteiger partial charge in [0.15, 0.2) is 12.6 Å². The molecule has 0 aliphatic carbocycles. The van der Waals surface area contributed by atoms with Crippen LogP contribution in [0.2, 0.25) is 5.02 Å². The van der Waals surface area contributed by atoms with Crippen LogP contribution in [0.1, 0.15) is 31.9 Å². The van der Waals surface area contributed by atoms with Gasteiger partial charge in [-0.3, -0.25) is 9.79 Å². The van der Waals surface area contributed by atoms with Crippen LogP contribution in [0.15, 0.2) is 47.5 Å². The molecule has 0 saturated heterocycles. The number of hydrogen-bond acceptors (Lipinski definition) is 3.